The molecule has 0 fully saturated rings. The third-order valence-corrected chi connectivity index (χ3v) is 10.3. The van der Waals surface area contributed by atoms with E-state index in [1.54, 1.807) is 11.3 Å². The van der Waals surface area contributed by atoms with Crippen LogP contribution in [0.15, 0.2) is 170 Å². The van der Waals surface area contributed by atoms with Crippen molar-refractivity contribution in [3.05, 3.63) is 192 Å². The normalized spacial score (nSPS) is 13.0. The predicted octanol–water partition coefficient (Wildman–Crippen LogP) is 11.1. The quantitative estimate of drug-likeness (QED) is 0.195. The molecule has 0 bridgehead atoms. The minimum atomic E-state index is -0.464. The van der Waals surface area contributed by atoms with Crippen molar-refractivity contribution in [2.45, 2.75) is 5.41 Å². The molecule has 8 aromatic rings. The second kappa shape index (κ2) is 10.8. The summed E-state index contributed by atoms with van der Waals surface area (Å²) < 4.78 is 1.25. The van der Waals surface area contributed by atoms with Gasteiger partial charge in [0.25, 0.3) is 0 Å². The van der Waals surface area contributed by atoms with Crippen LogP contribution in [0, 0.1) is 0 Å². The van der Waals surface area contributed by atoms with Crippen LogP contribution in [0.4, 0.5) is 0 Å². The second-order valence-corrected chi connectivity index (χ2v) is 12.8. The first-order valence-electron chi connectivity index (χ1n) is 15.6. The summed E-state index contributed by atoms with van der Waals surface area (Å²) in [6, 6.07) is 60.8. The topological polar surface area (TPSA) is 25.8 Å². The van der Waals surface area contributed by atoms with Gasteiger partial charge in [-0.2, -0.15) is 0 Å². The number of thiophene rings is 1. The third-order valence-electron chi connectivity index (χ3n) is 9.19. The first-order valence-corrected chi connectivity index (χ1v) is 16.4. The number of hydrogen-bond donors (Lipinski definition) is 0. The van der Waals surface area contributed by atoms with Crippen LogP contribution in [0.1, 0.15) is 22.3 Å². The molecule has 0 atom stereocenters. The lowest BCUT2D eigenvalue weighted by molar-refractivity contribution is 0.768. The molecule has 0 amide bonds. The second-order valence-electron chi connectivity index (χ2n) is 11.7. The Bertz CT molecular complexity index is 2290. The van der Waals surface area contributed by atoms with Gasteiger partial charge in [0, 0.05) is 15.8 Å². The van der Waals surface area contributed by atoms with Gasteiger partial charge < -0.3 is 0 Å². The van der Waals surface area contributed by atoms with Crippen LogP contribution >= 0.6 is 11.3 Å². The van der Waals surface area contributed by atoms with Crippen molar-refractivity contribution in [2.24, 2.45) is 0 Å². The van der Waals surface area contributed by atoms with E-state index in [4.69, 9.17) is 9.97 Å². The number of aromatic nitrogens is 2. The summed E-state index contributed by atoms with van der Waals surface area (Å²) in [6.45, 7) is 0. The van der Waals surface area contributed by atoms with E-state index >= 15 is 0 Å². The summed E-state index contributed by atoms with van der Waals surface area (Å²) >= 11 is 1.78. The highest BCUT2D eigenvalue weighted by molar-refractivity contribution is 7.22. The average Bonchev–Trinajstić information content (AvgIpc) is 3.71. The van der Waals surface area contributed by atoms with Crippen molar-refractivity contribution in [3.8, 4) is 44.3 Å². The highest BCUT2D eigenvalue weighted by Crippen LogP contribution is 2.58. The van der Waals surface area contributed by atoms with Crippen LogP contribution in [0.5, 0.6) is 0 Å². The summed E-state index contributed by atoms with van der Waals surface area (Å²) in [4.78, 5) is 11.6. The van der Waals surface area contributed by atoms with Gasteiger partial charge in [0.05, 0.1) is 21.7 Å². The molecular weight excluding hydrogens is 577 g/mol. The lowest BCUT2D eigenvalue weighted by Gasteiger charge is -2.33. The molecule has 0 aliphatic heterocycles. The van der Waals surface area contributed by atoms with Gasteiger partial charge in [-0.25, -0.2) is 9.97 Å². The zero-order chi connectivity index (χ0) is 30.5. The van der Waals surface area contributed by atoms with E-state index in [1.807, 2.05) is 6.07 Å². The van der Waals surface area contributed by atoms with Gasteiger partial charge in [-0.3, -0.25) is 0 Å². The Morgan fingerprint density at radius 3 is 1.78 bits per heavy atom. The molecule has 1 aliphatic rings. The molecule has 2 heterocycles. The Hall–Kier alpha value is -5.64. The Morgan fingerprint density at radius 1 is 0.457 bits per heavy atom. The standard InChI is InChI=1S/C43H28N2S/c1-4-15-29(16-5-1)42-44-37(28-38(45-42)40-27-30-17-10-13-26-39(30)46-40)34-23-14-25-36-41(34)33-22-11-12-24-35(33)43(36,31-18-6-2-7-19-31)32-20-8-3-9-21-32/h1-28H. The molecule has 6 aromatic carbocycles. The molecule has 3 heteroatoms. The molecule has 9 rings (SSSR count). The molecule has 1 aliphatic carbocycles. The summed E-state index contributed by atoms with van der Waals surface area (Å²) in [6.07, 6.45) is 0. The van der Waals surface area contributed by atoms with Crippen molar-refractivity contribution in [1.29, 1.82) is 0 Å². The maximum absolute atomic E-state index is 5.29. The number of benzene rings is 6. The van der Waals surface area contributed by atoms with E-state index in [0.29, 0.717) is 0 Å². The summed E-state index contributed by atoms with van der Waals surface area (Å²) in [5.74, 6) is 0.729. The average molecular weight is 605 g/mol. The van der Waals surface area contributed by atoms with Crippen molar-refractivity contribution >= 4 is 21.4 Å². The van der Waals surface area contributed by atoms with Crippen LogP contribution in [0.2, 0.25) is 0 Å². The van der Waals surface area contributed by atoms with Crippen LogP contribution in [-0.2, 0) is 5.41 Å². The fourth-order valence-corrected chi connectivity index (χ4v) is 8.27. The zero-order valence-electron chi connectivity index (χ0n) is 25.0. The Balaban J connectivity index is 1.35. The minimum Gasteiger partial charge on any atom is -0.228 e. The highest BCUT2D eigenvalue weighted by atomic mass is 32.1. The SMILES string of the molecule is c1ccc(-c2nc(-c3cc4ccccc4s3)cc(-c3cccc4c3-c3ccccc3C4(c3ccccc3)c3ccccc3)n2)cc1. The molecule has 2 aromatic heterocycles. The Kier molecular flexibility index (Phi) is 6.25. The van der Waals surface area contributed by atoms with E-state index < -0.39 is 5.41 Å². The van der Waals surface area contributed by atoms with Crippen LogP contribution in [0.3, 0.4) is 0 Å². The Labute approximate surface area is 272 Å². The monoisotopic (exact) mass is 604 g/mol. The van der Waals surface area contributed by atoms with E-state index in [-0.39, 0.29) is 0 Å². The Morgan fingerprint density at radius 2 is 1.04 bits per heavy atom. The van der Waals surface area contributed by atoms with Crippen molar-refractivity contribution in [3.63, 3.8) is 0 Å². The van der Waals surface area contributed by atoms with E-state index in [9.17, 15) is 0 Å². The van der Waals surface area contributed by atoms with Gasteiger partial charge in [-0.15, -0.1) is 11.3 Å². The zero-order valence-corrected chi connectivity index (χ0v) is 25.8. The first kappa shape index (κ1) is 26.7. The molecule has 2 nitrogen and oxygen atoms in total. The molecule has 0 saturated carbocycles. The van der Waals surface area contributed by atoms with E-state index in [2.05, 4.69) is 164 Å². The van der Waals surface area contributed by atoms with Crippen LogP contribution < -0.4 is 0 Å². The number of rotatable bonds is 5. The van der Waals surface area contributed by atoms with Gasteiger partial charge >= 0.3 is 0 Å². The van der Waals surface area contributed by atoms with Crippen molar-refractivity contribution in [2.75, 3.05) is 0 Å². The van der Waals surface area contributed by atoms with Crippen molar-refractivity contribution < 1.29 is 0 Å². The fraction of sp³-hybridized carbons (Fsp3) is 0.0233. The summed E-state index contributed by atoms with van der Waals surface area (Å²) in [5, 5.41) is 1.23. The molecule has 0 N–H and O–H groups in total. The smallest absolute Gasteiger partial charge is 0.160 e. The van der Waals surface area contributed by atoms with Crippen LogP contribution in [0.25, 0.3) is 54.4 Å². The van der Waals surface area contributed by atoms with Gasteiger partial charge in [-0.1, -0.05) is 152 Å². The van der Waals surface area contributed by atoms with Gasteiger partial charge in [0.2, 0.25) is 0 Å². The summed E-state index contributed by atoms with van der Waals surface area (Å²) in [7, 11) is 0. The van der Waals surface area contributed by atoms with Crippen LogP contribution in [-0.4, -0.2) is 9.97 Å². The van der Waals surface area contributed by atoms with Gasteiger partial charge in [0.15, 0.2) is 5.82 Å². The minimum absolute atomic E-state index is 0.464. The van der Waals surface area contributed by atoms with Gasteiger partial charge in [-0.05, 0) is 57.0 Å². The molecule has 46 heavy (non-hydrogen) atoms. The predicted molar refractivity (Wildman–Crippen MR) is 191 cm³/mol. The molecular formula is C43H28N2S. The lowest BCUT2D eigenvalue weighted by atomic mass is 9.67. The van der Waals surface area contributed by atoms with Gasteiger partial charge in [0.1, 0.15) is 0 Å². The molecule has 0 unspecified atom stereocenters. The maximum Gasteiger partial charge on any atom is 0.160 e. The number of hydrogen-bond acceptors (Lipinski definition) is 3. The molecule has 216 valence electrons. The molecule has 0 radical (unpaired) electrons. The first-order chi connectivity index (χ1) is 22.8. The molecule has 0 spiro atoms. The maximum atomic E-state index is 5.29. The fourth-order valence-electron chi connectivity index (χ4n) is 7.24. The largest absolute Gasteiger partial charge is 0.228 e. The lowest BCUT2D eigenvalue weighted by Crippen LogP contribution is -2.28. The number of fused-ring (bicyclic) bond motifs is 4. The summed E-state index contributed by atoms with van der Waals surface area (Å²) in [5.41, 5.74) is 11.0. The van der Waals surface area contributed by atoms with E-state index in [0.717, 1.165) is 33.2 Å². The number of nitrogens with zero attached hydrogens (tertiary/aromatic N) is 2. The van der Waals surface area contributed by atoms with Crippen molar-refractivity contribution in [1.82, 2.24) is 9.97 Å². The third kappa shape index (κ3) is 4.09. The molecule has 0 saturated heterocycles. The highest BCUT2D eigenvalue weighted by Gasteiger charge is 2.46. The van der Waals surface area contributed by atoms with E-state index in [1.165, 1.54) is 43.5 Å².